The molecule has 1 aromatic heterocycles. The molecule has 0 saturated carbocycles. The fourth-order valence-electron chi connectivity index (χ4n) is 1.61. The highest BCUT2D eigenvalue weighted by molar-refractivity contribution is 9.11. The Labute approximate surface area is 140 Å². The largest absolute Gasteiger partial charge is 0.497 e. The zero-order valence-corrected chi connectivity index (χ0v) is 14.4. The molecule has 0 aliphatic carbocycles. The van der Waals surface area contributed by atoms with Crippen LogP contribution in [0.4, 0.5) is 5.69 Å². The Morgan fingerprint density at radius 1 is 1.18 bits per heavy atom. The third-order valence-corrected chi connectivity index (χ3v) is 4.39. The molecule has 1 heterocycles. The van der Waals surface area contributed by atoms with Gasteiger partial charge in [0, 0.05) is 5.69 Å². The molecule has 2 rings (SSSR count). The van der Waals surface area contributed by atoms with Crippen molar-refractivity contribution in [1.82, 2.24) is 0 Å². The molecule has 1 amide bonds. The zero-order chi connectivity index (χ0) is 16.1. The van der Waals surface area contributed by atoms with E-state index in [2.05, 4.69) is 21.2 Å². The predicted molar refractivity (Wildman–Crippen MR) is 88.5 cm³/mol. The lowest BCUT2D eigenvalue weighted by atomic mass is 10.3. The van der Waals surface area contributed by atoms with Gasteiger partial charge in [-0.25, -0.2) is 4.79 Å². The summed E-state index contributed by atoms with van der Waals surface area (Å²) in [6.07, 6.45) is -0.893. The van der Waals surface area contributed by atoms with Gasteiger partial charge in [-0.15, -0.1) is 11.3 Å². The van der Waals surface area contributed by atoms with Crippen molar-refractivity contribution in [1.29, 1.82) is 0 Å². The normalized spacial score (nSPS) is 11.6. The zero-order valence-electron chi connectivity index (χ0n) is 12.0. The van der Waals surface area contributed by atoms with Crippen LogP contribution in [0.3, 0.4) is 0 Å². The summed E-state index contributed by atoms with van der Waals surface area (Å²) in [6, 6.07) is 10.3. The smallest absolute Gasteiger partial charge is 0.349 e. The number of esters is 1. The van der Waals surface area contributed by atoms with Gasteiger partial charge in [0.1, 0.15) is 10.6 Å². The van der Waals surface area contributed by atoms with Gasteiger partial charge in [0.05, 0.1) is 10.9 Å². The number of benzene rings is 1. The van der Waals surface area contributed by atoms with E-state index in [-0.39, 0.29) is 0 Å². The number of hydrogen-bond donors (Lipinski definition) is 1. The molecule has 0 radical (unpaired) electrons. The number of nitrogens with one attached hydrogen (secondary N) is 1. The number of halogens is 1. The van der Waals surface area contributed by atoms with E-state index in [0.29, 0.717) is 16.3 Å². The third kappa shape index (κ3) is 4.32. The third-order valence-electron chi connectivity index (χ3n) is 2.78. The van der Waals surface area contributed by atoms with Gasteiger partial charge in [0.2, 0.25) is 0 Å². The minimum atomic E-state index is -0.893. The standard InChI is InChI=1S/C15H14BrNO4S/c1-9(21-15(19)12-7-8-13(16)22-12)14(18)17-10-3-5-11(20-2)6-4-10/h3-9H,1-2H3,(H,17,18). The summed E-state index contributed by atoms with van der Waals surface area (Å²) >= 11 is 4.53. The molecular formula is C15H14BrNO4S. The quantitative estimate of drug-likeness (QED) is 0.799. The van der Waals surface area contributed by atoms with Gasteiger partial charge < -0.3 is 14.8 Å². The molecule has 1 aromatic carbocycles. The Balaban J connectivity index is 1.92. The average Bonchev–Trinajstić information content (AvgIpc) is 2.94. The Bertz CT molecular complexity index is 668. The van der Waals surface area contributed by atoms with E-state index >= 15 is 0 Å². The number of amides is 1. The monoisotopic (exact) mass is 383 g/mol. The fourth-order valence-corrected chi connectivity index (χ4v) is 2.88. The van der Waals surface area contributed by atoms with Crippen molar-refractivity contribution in [2.45, 2.75) is 13.0 Å². The van der Waals surface area contributed by atoms with Crippen LogP contribution in [-0.2, 0) is 9.53 Å². The van der Waals surface area contributed by atoms with Gasteiger partial charge >= 0.3 is 5.97 Å². The highest BCUT2D eigenvalue weighted by Crippen LogP contribution is 2.23. The summed E-state index contributed by atoms with van der Waals surface area (Å²) < 4.78 is 11.0. The molecule has 0 aliphatic rings. The first kappa shape index (κ1) is 16.5. The number of rotatable bonds is 5. The molecule has 0 fully saturated rings. The molecular weight excluding hydrogens is 370 g/mol. The van der Waals surface area contributed by atoms with E-state index in [9.17, 15) is 9.59 Å². The SMILES string of the molecule is COc1ccc(NC(=O)C(C)OC(=O)c2ccc(Br)s2)cc1. The molecule has 0 spiro atoms. The van der Waals surface area contributed by atoms with E-state index in [0.717, 1.165) is 3.79 Å². The van der Waals surface area contributed by atoms with Gasteiger partial charge in [-0.2, -0.15) is 0 Å². The Morgan fingerprint density at radius 2 is 1.86 bits per heavy atom. The molecule has 0 saturated heterocycles. The number of thiophene rings is 1. The summed E-state index contributed by atoms with van der Waals surface area (Å²) in [5.41, 5.74) is 0.604. The summed E-state index contributed by atoms with van der Waals surface area (Å²) in [5, 5.41) is 2.68. The first-order valence-electron chi connectivity index (χ1n) is 6.41. The lowest BCUT2D eigenvalue weighted by Gasteiger charge is -2.13. The summed E-state index contributed by atoms with van der Waals surface area (Å²) in [7, 11) is 1.57. The molecule has 116 valence electrons. The van der Waals surface area contributed by atoms with E-state index < -0.39 is 18.0 Å². The van der Waals surface area contributed by atoms with E-state index in [4.69, 9.17) is 9.47 Å². The summed E-state index contributed by atoms with van der Waals surface area (Å²) in [6.45, 7) is 1.53. The highest BCUT2D eigenvalue weighted by Gasteiger charge is 2.20. The van der Waals surface area contributed by atoms with Gasteiger partial charge in [-0.3, -0.25) is 4.79 Å². The number of hydrogen-bond acceptors (Lipinski definition) is 5. The van der Waals surface area contributed by atoms with Crippen molar-refractivity contribution in [3.8, 4) is 5.75 Å². The minimum absolute atomic E-state index is 0.394. The number of carbonyl (C=O) groups is 2. The molecule has 0 aliphatic heterocycles. The van der Waals surface area contributed by atoms with Crippen LogP contribution in [0, 0.1) is 0 Å². The van der Waals surface area contributed by atoms with Crippen molar-refractivity contribution >= 4 is 44.8 Å². The first-order valence-corrected chi connectivity index (χ1v) is 8.02. The van der Waals surface area contributed by atoms with Crippen LogP contribution in [-0.4, -0.2) is 25.1 Å². The van der Waals surface area contributed by atoms with E-state index in [1.165, 1.54) is 18.3 Å². The second kappa shape index (κ2) is 7.42. The lowest BCUT2D eigenvalue weighted by molar-refractivity contribution is -0.123. The van der Waals surface area contributed by atoms with Crippen LogP contribution in [0.15, 0.2) is 40.2 Å². The van der Waals surface area contributed by atoms with Crippen molar-refractivity contribution in [3.63, 3.8) is 0 Å². The molecule has 0 bridgehead atoms. The molecule has 7 heteroatoms. The van der Waals surface area contributed by atoms with Crippen molar-refractivity contribution in [2.24, 2.45) is 0 Å². The molecule has 5 nitrogen and oxygen atoms in total. The van der Waals surface area contributed by atoms with Crippen LogP contribution in [0.1, 0.15) is 16.6 Å². The fraction of sp³-hybridized carbons (Fsp3) is 0.200. The Morgan fingerprint density at radius 3 is 2.41 bits per heavy atom. The van der Waals surface area contributed by atoms with Crippen LogP contribution >= 0.6 is 27.3 Å². The van der Waals surface area contributed by atoms with Crippen LogP contribution in [0.5, 0.6) is 5.75 Å². The van der Waals surface area contributed by atoms with Crippen molar-refractivity contribution < 1.29 is 19.1 Å². The molecule has 1 atom stereocenters. The van der Waals surface area contributed by atoms with Crippen molar-refractivity contribution in [2.75, 3.05) is 12.4 Å². The van der Waals surface area contributed by atoms with E-state index in [1.807, 2.05) is 0 Å². The molecule has 1 N–H and O–H groups in total. The second-order valence-corrected chi connectivity index (χ2v) is 6.83. The Kier molecular flexibility index (Phi) is 5.57. The van der Waals surface area contributed by atoms with Crippen molar-refractivity contribution in [3.05, 3.63) is 45.1 Å². The lowest BCUT2D eigenvalue weighted by Crippen LogP contribution is -2.29. The van der Waals surface area contributed by atoms with Crippen LogP contribution in [0.25, 0.3) is 0 Å². The number of methoxy groups -OCH3 is 1. The Hall–Kier alpha value is -1.86. The summed E-state index contributed by atoms with van der Waals surface area (Å²) in [4.78, 5) is 24.3. The maximum atomic E-state index is 12.0. The van der Waals surface area contributed by atoms with Gasteiger partial charge in [0.25, 0.3) is 5.91 Å². The molecule has 1 unspecified atom stereocenters. The minimum Gasteiger partial charge on any atom is -0.497 e. The van der Waals surface area contributed by atoms with Crippen LogP contribution < -0.4 is 10.1 Å². The number of anilines is 1. The predicted octanol–water partition coefficient (Wildman–Crippen LogP) is 3.70. The van der Waals surface area contributed by atoms with Gasteiger partial charge in [0.15, 0.2) is 6.10 Å². The van der Waals surface area contributed by atoms with Gasteiger partial charge in [-0.1, -0.05) is 0 Å². The maximum absolute atomic E-state index is 12.0. The topological polar surface area (TPSA) is 64.6 Å². The number of carbonyl (C=O) groups excluding carboxylic acids is 2. The second-order valence-electron chi connectivity index (χ2n) is 4.37. The van der Waals surface area contributed by atoms with E-state index in [1.54, 1.807) is 43.5 Å². The van der Waals surface area contributed by atoms with Gasteiger partial charge in [-0.05, 0) is 59.3 Å². The average molecular weight is 384 g/mol. The maximum Gasteiger partial charge on any atom is 0.349 e. The highest BCUT2D eigenvalue weighted by atomic mass is 79.9. The summed E-state index contributed by atoms with van der Waals surface area (Å²) in [5.74, 6) is -0.219. The van der Waals surface area contributed by atoms with Crippen LogP contribution in [0.2, 0.25) is 0 Å². The molecule has 2 aromatic rings. The number of ether oxygens (including phenoxy) is 2. The first-order chi connectivity index (χ1) is 10.5. The molecule has 22 heavy (non-hydrogen) atoms.